The van der Waals surface area contributed by atoms with Crippen molar-refractivity contribution in [3.05, 3.63) is 81.2 Å². The van der Waals surface area contributed by atoms with E-state index in [9.17, 15) is 9.59 Å². The Morgan fingerprint density at radius 1 is 1.14 bits per heavy atom. The third-order valence-corrected chi connectivity index (χ3v) is 6.05. The molecule has 1 atom stereocenters. The molecule has 5 nitrogen and oxygen atoms in total. The van der Waals surface area contributed by atoms with E-state index < -0.39 is 0 Å². The third kappa shape index (κ3) is 4.34. The van der Waals surface area contributed by atoms with Crippen molar-refractivity contribution in [1.82, 2.24) is 9.36 Å². The number of aromatic nitrogens is 2. The van der Waals surface area contributed by atoms with Gasteiger partial charge in [0.05, 0.1) is 16.6 Å². The van der Waals surface area contributed by atoms with Crippen LogP contribution in [0.2, 0.25) is 5.02 Å². The van der Waals surface area contributed by atoms with Crippen molar-refractivity contribution in [2.24, 2.45) is 7.05 Å². The number of amides is 1. The Balaban J connectivity index is 1.73. The molecule has 1 amide bonds. The van der Waals surface area contributed by atoms with Gasteiger partial charge in [-0.3, -0.25) is 14.3 Å². The molecule has 0 fully saturated rings. The molecule has 0 aliphatic heterocycles. The molecule has 0 bridgehead atoms. The van der Waals surface area contributed by atoms with E-state index in [1.54, 1.807) is 16.4 Å². The van der Waals surface area contributed by atoms with Crippen molar-refractivity contribution < 1.29 is 4.79 Å². The number of para-hydroxylation sites is 1. The van der Waals surface area contributed by atoms with Gasteiger partial charge in [-0.05, 0) is 43.7 Å². The van der Waals surface area contributed by atoms with E-state index in [1.165, 1.54) is 11.8 Å². The summed E-state index contributed by atoms with van der Waals surface area (Å²) in [6.07, 6.45) is 0. The fraction of sp³-hybridized carbons (Fsp3) is 0.238. The monoisotopic (exact) mass is 415 g/mol. The minimum absolute atomic E-state index is 0.190. The second kappa shape index (κ2) is 8.71. The van der Waals surface area contributed by atoms with Crippen LogP contribution in [0.4, 0.5) is 5.69 Å². The SMILES string of the molecule is Cc1c(NC(=O)C(C)SCc2ccc(Cl)cc2)c(=O)n(-c2ccccc2)n1C. The van der Waals surface area contributed by atoms with Gasteiger partial charge in [0, 0.05) is 17.8 Å². The van der Waals surface area contributed by atoms with E-state index in [4.69, 9.17) is 11.6 Å². The van der Waals surface area contributed by atoms with Crippen LogP contribution in [-0.4, -0.2) is 20.5 Å². The van der Waals surface area contributed by atoms with Crippen LogP contribution in [0.25, 0.3) is 5.69 Å². The van der Waals surface area contributed by atoms with E-state index in [-0.39, 0.29) is 16.7 Å². The second-order valence-corrected chi connectivity index (χ2v) is 8.27. The van der Waals surface area contributed by atoms with Crippen LogP contribution in [0, 0.1) is 6.92 Å². The number of thioether (sulfide) groups is 1. The summed E-state index contributed by atoms with van der Waals surface area (Å²) < 4.78 is 3.30. The van der Waals surface area contributed by atoms with Crippen LogP contribution >= 0.6 is 23.4 Å². The molecule has 7 heteroatoms. The first-order valence-corrected chi connectivity index (χ1v) is 10.3. The van der Waals surface area contributed by atoms with E-state index in [2.05, 4.69) is 5.32 Å². The Kier molecular flexibility index (Phi) is 6.31. The van der Waals surface area contributed by atoms with Crippen LogP contribution in [-0.2, 0) is 17.6 Å². The van der Waals surface area contributed by atoms with Gasteiger partial charge in [0.25, 0.3) is 5.56 Å². The van der Waals surface area contributed by atoms with Crippen molar-refractivity contribution in [2.45, 2.75) is 24.9 Å². The van der Waals surface area contributed by atoms with Gasteiger partial charge >= 0.3 is 0 Å². The first kappa shape index (κ1) is 20.3. The average molecular weight is 416 g/mol. The molecule has 1 aromatic heterocycles. The van der Waals surface area contributed by atoms with E-state index in [1.807, 2.05) is 68.4 Å². The quantitative estimate of drug-likeness (QED) is 0.649. The fourth-order valence-corrected chi connectivity index (χ4v) is 3.79. The summed E-state index contributed by atoms with van der Waals surface area (Å²) >= 11 is 7.41. The lowest BCUT2D eigenvalue weighted by molar-refractivity contribution is -0.115. The molecule has 0 spiro atoms. The highest BCUT2D eigenvalue weighted by molar-refractivity contribution is 7.99. The van der Waals surface area contributed by atoms with E-state index >= 15 is 0 Å². The first-order chi connectivity index (χ1) is 13.4. The Morgan fingerprint density at radius 2 is 1.79 bits per heavy atom. The van der Waals surface area contributed by atoms with Gasteiger partial charge in [0.15, 0.2) is 0 Å². The van der Waals surface area contributed by atoms with Crippen molar-refractivity contribution in [3.8, 4) is 5.69 Å². The maximum Gasteiger partial charge on any atom is 0.295 e. The summed E-state index contributed by atoms with van der Waals surface area (Å²) in [4.78, 5) is 25.5. The number of carbonyl (C=O) groups is 1. The molecule has 1 N–H and O–H groups in total. The Labute approximate surface area is 173 Å². The van der Waals surface area contributed by atoms with Crippen LogP contribution in [0.1, 0.15) is 18.2 Å². The summed E-state index contributed by atoms with van der Waals surface area (Å²) in [5.74, 6) is 0.498. The molecule has 2 aromatic carbocycles. The number of halogens is 1. The molecule has 28 heavy (non-hydrogen) atoms. The Hall–Kier alpha value is -2.44. The number of hydrogen-bond donors (Lipinski definition) is 1. The number of nitrogens with zero attached hydrogens (tertiary/aromatic N) is 2. The zero-order chi connectivity index (χ0) is 20.3. The number of rotatable bonds is 6. The van der Waals surface area contributed by atoms with Crippen LogP contribution in [0.15, 0.2) is 59.4 Å². The summed E-state index contributed by atoms with van der Waals surface area (Å²) in [5.41, 5.74) is 2.63. The lowest BCUT2D eigenvalue weighted by Crippen LogP contribution is -2.27. The smallest absolute Gasteiger partial charge is 0.295 e. The highest BCUT2D eigenvalue weighted by Crippen LogP contribution is 2.21. The molecule has 1 unspecified atom stereocenters. The predicted octanol–water partition coefficient (Wildman–Crippen LogP) is 4.40. The number of carbonyl (C=O) groups excluding carboxylic acids is 1. The van der Waals surface area contributed by atoms with Crippen molar-refractivity contribution in [1.29, 1.82) is 0 Å². The molecule has 0 aliphatic rings. The highest BCUT2D eigenvalue weighted by Gasteiger charge is 2.21. The maximum atomic E-state index is 12.9. The zero-order valence-electron chi connectivity index (χ0n) is 16.0. The van der Waals surface area contributed by atoms with Crippen molar-refractivity contribution >= 4 is 35.0 Å². The molecule has 0 saturated heterocycles. The largest absolute Gasteiger partial charge is 0.319 e. The van der Waals surface area contributed by atoms with Gasteiger partial charge in [-0.15, -0.1) is 11.8 Å². The van der Waals surface area contributed by atoms with Gasteiger partial charge in [0.2, 0.25) is 5.91 Å². The molecule has 3 aromatic rings. The molecular weight excluding hydrogens is 394 g/mol. The Morgan fingerprint density at radius 3 is 2.43 bits per heavy atom. The summed E-state index contributed by atoms with van der Waals surface area (Å²) in [7, 11) is 1.80. The number of anilines is 1. The third-order valence-electron chi connectivity index (χ3n) is 4.58. The van der Waals surface area contributed by atoms with E-state index in [0.29, 0.717) is 22.2 Å². The molecule has 3 rings (SSSR count). The molecule has 0 saturated carbocycles. The fourth-order valence-electron chi connectivity index (χ4n) is 2.81. The van der Waals surface area contributed by atoms with Crippen LogP contribution < -0.4 is 10.9 Å². The number of hydrogen-bond acceptors (Lipinski definition) is 3. The predicted molar refractivity (Wildman–Crippen MR) is 117 cm³/mol. The lowest BCUT2D eigenvalue weighted by Gasteiger charge is -2.11. The number of benzene rings is 2. The average Bonchev–Trinajstić information content (AvgIpc) is 2.91. The van der Waals surface area contributed by atoms with E-state index in [0.717, 1.165) is 11.3 Å². The van der Waals surface area contributed by atoms with Gasteiger partial charge in [-0.25, -0.2) is 4.68 Å². The van der Waals surface area contributed by atoms with Crippen molar-refractivity contribution in [3.63, 3.8) is 0 Å². The van der Waals surface area contributed by atoms with Gasteiger partial charge in [-0.1, -0.05) is 41.9 Å². The molecule has 0 aliphatic carbocycles. The van der Waals surface area contributed by atoms with Crippen LogP contribution in [0.3, 0.4) is 0 Å². The maximum absolute atomic E-state index is 12.9. The Bertz CT molecular complexity index is 1030. The summed E-state index contributed by atoms with van der Waals surface area (Å²) in [6.45, 7) is 3.66. The topological polar surface area (TPSA) is 56.0 Å². The molecular formula is C21H22ClN3O2S. The van der Waals surface area contributed by atoms with Gasteiger partial charge in [0.1, 0.15) is 5.69 Å². The highest BCUT2D eigenvalue weighted by atomic mass is 35.5. The second-order valence-electron chi connectivity index (χ2n) is 6.51. The first-order valence-electron chi connectivity index (χ1n) is 8.89. The summed E-state index contributed by atoms with van der Waals surface area (Å²) in [6, 6.07) is 16.9. The summed E-state index contributed by atoms with van der Waals surface area (Å²) in [5, 5.41) is 3.20. The van der Waals surface area contributed by atoms with Gasteiger partial charge < -0.3 is 5.32 Å². The minimum Gasteiger partial charge on any atom is -0.319 e. The normalized spacial score (nSPS) is 12.0. The lowest BCUT2D eigenvalue weighted by atomic mass is 10.2. The molecule has 1 heterocycles. The minimum atomic E-state index is -0.306. The molecule has 146 valence electrons. The van der Waals surface area contributed by atoms with Crippen molar-refractivity contribution in [2.75, 3.05) is 5.32 Å². The standard InChI is InChI=1S/C21H22ClN3O2S/c1-14-19(21(27)25(24(14)3)18-7-5-4-6-8-18)23-20(26)15(2)28-13-16-9-11-17(22)12-10-16/h4-12,15H,13H2,1-3H3,(H,23,26). The number of nitrogens with one attached hydrogen (secondary N) is 1. The zero-order valence-corrected chi connectivity index (χ0v) is 17.6. The van der Waals surface area contributed by atoms with Crippen LogP contribution in [0.5, 0.6) is 0 Å². The van der Waals surface area contributed by atoms with Gasteiger partial charge in [-0.2, -0.15) is 0 Å². The molecule has 0 radical (unpaired) electrons.